The lowest BCUT2D eigenvalue weighted by Gasteiger charge is -2.05. The second kappa shape index (κ2) is 8.17. The monoisotopic (exact) mass is 403 g/mol. The number of nitrogens with zero attached hydrogens (tertiary/aromatic N) is 2. The molecule has 3 N–H and O–H groups in total. The van der Waals surface area contributed by atoms with Crippen molar-refractivity contribution < 1.29 is 22.8 Å². The summed E-state index contributed by atoms with van der Waals surface area (Å²) in [6, 6.07) is 12.5. The summed E-state index contributed by atoms with van der Waals surface area (Å²) in [5, 5.41) is 9.25. The Morgan fingerprint density at radius 3 is 2.46 bits per heavy atom. The van der Waals surface area contributed by atoms with E-state index < -0.39 is 15.9 Å². The lowest BCUT2D eigenvalue weighted by atomic mass is 10.2. The molecule has 0 atom stereocenters. The van der Waals surface area contributed by atoms with Crippen molar-refractivity contribution in [1.29, 1.82) is 0 Å². The predicted octanol–water partition coefficient (Wildman–Crippen LogP) is 1.57. The smallest absolute Gasteiger partial charge is 0.262 e. The Morgan fingerprint density at radius 1 is 1.07 bits per heavy atom. The minimum atomic E-state index is -3.79. The molecule has 1 aromatic heterocycles. The van der Waals surface area contributed by atoms with E-state index in [1.54, 1.807) is 19.2 Å². The van der Waals surface area contributed by atoms with E-state index in [0.717, 1.165) is 0 Å². The lowest BCUT2D eigenvalue weighted by Crippen LogP contribution is -2.22. The van der Waals surface area contributed by atoms with Gasteiger partial charge in [0.2, 0.25) is 5.95 Å². The van der Waals surface area contributed by atoms with Crippen LogP contribution in [-0.2, 0) is 14.9 Å². The van der Waals surface area contributed by atoms with Crippen LogP contribution in [0, 0.1) is 0 Å². The number of methoxy groups -OCH3 is 1. The number of sulfonamides is 1. The molecule has 146 valence electrons. The highest BCUT2D eigenvalue weighted by Crippen LogP contribution is 2.27. The molecular formula is C17H17N5O5S. The minimum Gasteiger partial charge on any atom is -0.496 e. The summed E-state index contributed by atoms with van der Waals surface area (Å²) >= 11 is 0. The molecule has 1 amide bonds. The molecule has 3 aromatic rings. The van der Waals surface area contributed by atoms with Gasteiger partial charge in [0, 0.05) is 5.56 Å². The SMILES string of the molecule is CONS(=O)(=O)c1ccc(C(=O)Nc2n[nH]c(-c3ccccc3OC)n2)cc1. The van der Waals surface area contributed by atoms with Gasteiger partial charge in [0.25, 0.3) is 15.9 Å². The van der Waals surface area contributed by atoms with Gasteiger partial charge in [-0.15, -0.1) is 5.10 Å². The zero-order chi connectivity index (χ0) is 20.1. The summed E-state index contributed by atoms with van der Waals surface area (Å²) in [6.07, 6.45) is 0. The third-order valence-electron chi connectivity index (χ3n) is 3.69. The number of aromatic nitrogens is 3. The van der Waals surface area contributed by atoms with E-state index in [0.29, 0.717) is 17.1 Å². The van der Waals surface area contributed by atoms with Crippen LogP contribution in [0.2, 0.25) is 0 Å². The number of para-hydroxylation sites is 1. The van der Waals surface area contributed by atoms with Crippen molar-refractivity contribution in [2.24, 2.45) is 0 Å². The van der Waals surface area contributed by atoms with Gasteiger partial charge in [-0.1, -0.05) is 17.0 Å². The molecule has 0 aliphatic heterocycles. The molecule has 0 radical (unpaired) electrons. The summed E-state index contributed by atoms with van der Waals surface area (Å²) in [4.78, 5) is 22.9. The molecule has 0 saturated heterocycles. The van der Waals surface area contributed by atoms with E-state index in [1.165, 1.54) is 31.4 Å². The number of benzene rings is 2. The number of rotatable bonds is 7. The van der Waals surface area contributed by atoms with Crippen molar-refractivity contribution in [2.75, 3.05) is 19.5 Å². The second-order valence-corrected chi connectivity index (χ2v) is 7.12. The van der Waals surface area contributed by atoms with Crippen LogP contribution in [0.1, 0.15) is 10.4 Å². The Balaban J connectivity index is 1.75. The third-order valence-corrected chi connectivity index (χ3v) is 4.97. The molecule has 0 saturated carbocycles. The van der Waals surface area contributed by atoms with Crippen LogP contribution in [0.25, 0.3) is 11.4 Å². The first-order chi connectivity index (χ1) is 13.4. The van der Waals surface area contributed by atoms with Crippen LogP contribution in [0.3, 0.4) is 0 Å². The molecule has 3 rings (SSSR count). The van der Waals surface area contributed by atoms with Crippen molar-refractivity contribution in [3.05, 3.63) is 54.1 Å². The Bertz CT molecular complexity index is 1080. The van der Waals surface area contributed by atoms with Crippen LogP contribution in [0.5, 0.6) is 5.75 Å². The molecule has 28 heavy (non-hydrogen) atoms. The number of hydrogen-bond acceptors (Lipinski definition) is 7. The van der Waals surface area contributed by atoms with Crippen molar-refractivity contribution in [3.8, 4) is 17.1 Å². The van der Waals surface area contributed by atoms with Gasteiger partial charge in [-0.05, 0) is 36.4 Å². The van der Waals surface area contributed by atoms with E-state index in [9.17, 15) is 13.2 Å². The second-order valence-electron chi connectivity index (χ2n) is 5.48. The Morgan fingerprint density at radius 2 is 1.79 bits per heavy atom. The fourth-order valence-corrected chi connectivity index (χ4v) is 3.21. The van der Waals surface area contributed by atoms with E-state index in [4.69, 9.17) is 4.74 Å². The molecule has 0 unspecified atom stereocenters. The van der Waals surface area contributed by atoms with Gasteiger partial charge >= 0.3 is 0 Å². The first kappa shape index (κ1) is 19.5. The molecule has 10 nitrogen and oxygen atoms in total. The summed E-state index contributed by atoms with van der Waals surface area (Å²) in [7, 11) is -1.06. The molecule has 0 aliphatic carbocycles. The Hall–Kier alpha value is -3.28. The largest absolute Gasteiger partial charge is 0.496 e. The van der Waals surface area contributed by atoms with Crippen molar-refractivity contribution in [1.82, 2.24) is 20.1 Å². The normalized spacial score (nSPS) is 11.2. The molecule has 0 aliphatic rings. The molecule has 1 heterocycles. The highest BCUT2D eigenvalue weighted by Gasteiger charge is 2.16. The summed E-state index contributed by atoms with van der Waals surface area (Å²) < 4.78 is 28.9. The first-order valence-electron chi connectivity index (χ1n) is 7.96. The molecule has 0 spiro atoms. The molecule has 2 aromatic carbocycles. The molecule has 11 heteroatoms. The highest BCUT2D eigenvalue weighted by atomic mass is 32.2. The number of hydrogen-bond donors (Lipinski definition) is 3. The molecular weight excluding hydrogens is 386 g/mol. The van der Waals surface area contributed by atoms with Gasteiger partial charge in [0.05, 0.1) is 24.7 Å². The number of carbonyl (C=O) groups is 1. The van der Waals surface area contributed by atoms with Crippen molar-refractivity contribution in [3.63, 3.8) is 0 Å². The summed E-state index contributed by atoms with van der Waals surface area (Å²) in [5.74, 6) is 0.621. The van der Waals surface area contributed by atoms with Gasteiger partial charge in [0.15, 0.2) is 5.82 Å². The van der Waals surface area contributed by atoms with E-state index >= 15 is 0 Å². The standard InChI is InChI=1S/C17H17N5O5S/c1-26-14-6-4-3-5-13(14)15-18-17(21-20-15)19-16(23)11-7-9-12(10-8-11)28(24,25)22-27-2/h3-10,22H,1-2H3,(H2,18,19,20,21,23). The van der Waals surface area contributed by atoms with Crippen LogP contribution in [0.15, 0.2) is 53.4 Å². The van der Waals surface area contributed by atoms with Crippen LogP contribution >= 0.6 is 0 Å². The highest BCUT2D eigenvalue weighted by molar-refractivity contribution is 7.89. The maximum absolute atomic E-state index is 12.4. The van der Waals surface area contributed by atoms with E-state index in [1.807, 2.05) is 17.0 Å². The quantitative estimate of drug-likeness (QED) is 0.510. The number of carbonyl (C=O) groups excluding carboxylic acids is 1. The minimum absolute atomic E-state index is 0.0396. The summed E-state index contributed by atoms with van der Waals surface area (Å²) in [5.41, 5.74) is 0.929. The van der Waals surface area contributed by atoms with E-state index in [2.05, 4.69) is 25.3 Å². The van der Waals surface area contributed by atoms with E-state index in [-0.39, 0.29) is 16.4 Å². The number of amides is 1. The average Bonchev–Trinajstić information content (AvgIpc) is 3.16. The van der Waals surface area contributed by atoms with Crippen molar-refractivity contribution in [2.45, 2.75) is 4.90 Å². The van der Waals surface area contributed by atoms with Crippen LogP contribution in [-0.4, -0.2) is 43.7 Å². The number of nitrogens with one attached hydrogen (secondary N) is 3. The maximum Gasteiger partial charge on any atom is 0.262 e. The zero-order valence-corrected chi connectivity index (χ0v) is 15.8. The number of anilines is 1. The van der Waals surface area contributed by atoms with Gasteiger partial charge in [0.1, 0.15) is 5.75 Å². The Labute approximate surface area is 160 Å². The van der Waals surface area contributed by atoms with Gasteiger partial charge in [-0.25, -0.2) is 8.42 Å². The Kier molecular flexibility index (Phi) is 5.68. The number of H-pyrrole nitrogens is 1. The zero-order valence-electron chi connectivity index (χ0n) is 15.0. The maximum atomic E-state index is 12.4. The van der Waals surface area contributed by atoms with Gasteiger partial charge in [-0.3, -0.25) is 20.0 Å². The molecule has 0 fully saturated rings. The summed E-state index contributed by atoms with van der Waals surface area (Å²) in [6.45, 7) is 0. The van der Waals surface area contributed by atoms with Crippen molar-refractivity contribution >= 4 is 21.9 Å². The topological polar surface area (TPSA) is 135 Å². The lowest BCUT2D eigenvalue weighted by molar-refractivity contribution is 0.102. The fourth-order valence-electron chi connectivity index (χ4n) is 2.40. The predicted molar refractivity (Wildman–Crippen MR) is 100 cm³/mol. The fraction of sp³-hybridized carbons (Fsp3) is 0.118. The van der Waals surface area contributed by atoms with Crippen LogP contribution < -0.4 is 14.9 Å². The average molecular weight is 403 g/mol. The van der Waals surface area contributed by atoms with Gasteiger partial charge in [-0.2, -0.15) is 4.98 Å². The number of aromatic amines is 1. The molecule has 0 bridgehead atoms. The van der Waals surface area contributed by atoms with Crippen LogP contribution in [0.4, 0.5) is 5.95 Å². The third kappa shape index (κ3) is 4.17. The van der Waals surface area contributed by atoms with Gasteiger partial charge < -0.3 is 4.74 Å². The number of ether oxygens (including phenoxy) is 1. The first-order valence-corrected chi connectivity index (χ1v) is 9.45.